The van der Waals surface area contributed by atoms with E-state index in [9.17, 15) is 0 Å². The third-order valence-corrected chi connectivity index (χ3v) is 4.35. The highest BCUT2D eigenvalue weighted by atomic mass is 16.5. The molecule has 0 bridgehead atoms. The van der Waals surface area contributed by atoms with E-state index in [4.69, 9.17) is 10.3 Å². The van der Waals surface area contributed by atoms with Crippen LogP contribution in [0, 0.1) is 6.92 Å². The Balaban J connectivity index is 1.63. The lowest BCUT2D eigenvalue weighted by molar-refractivity contribution is 0.372. The van der Waals surface area contributed by atoms with Gasteiger partial charge >= 0.3 is 0 Å². The average molecular weight is 310 g/mol. The second-order valence-corrected chi connectivity index (χ2v) is 6.17. The van der Waals surface area contributed by atoms with Gasteiger partial charge in [-0.1, -0.05) is 35.3 Å². The molecule has 2 N–H and O–H groups in total. The van der Waals surface area contributed by atoms with Gasteiger partial charge in [-0.15, -0.1) is 5.10 Å². The molecule has 1 aliphatic rings. The normalized spacial score (nSPS) is 16.8. The third kappa shape index (κ3) is 2.53. The van der Waals surface area contributed by atoms with Crippen molar-refractivity contribution in [2.24, 2.45) is 5.73 Å². The van der Waals surface area contributed by atoms with E-state index >= 15 is 0 Å². The second-order valence-electron chi connectivity index (χ2n) is 6.17. The quantitative estimate of drug-likeness (QED) is 0.797. The van der Waals surface area contributed by atoms with Crippen LogP contribution in [0.3, 0.4) is 0 Å². The molecule has 0 radical (unpaired) electrons. The van der Waals surface area contributed by atoms with Crippen LogP contribution < -0.4 is 5.73 Å². The summed E-state index contributed by atoms with van der Waals surface area (Å²) in [6, 6.07) is 8.02. The Labute approximate surface area is 133 Å². The van der Waals surface area contributed by atoms with Crippen LogP contribution in [0.15, 0.2) is 35.0 Å². The van der Waals surface area contributed by atoms with E-state index in [0.717, 1.165) is 36.9 Å². The molecule has 1 saturated carbocycles. The molecular formula is C16H18N6O. The molecule has 4 rings (SSSR count). The van der Waals surface area contributed by atoms with Crippen LogP contribution in [0.2, 0.25) is 0 Å². The molecule has 1 aromatic carbocycles. The maximum absolute atomic E-state index is 6.36. The molecule has 0 aliphatic heterocycles. The van der Waals surface area contributed by atoms with Crippen molar-refractivity contribution in [3.05, 3.63) is 41.9 Å². The van der Waals surface area contributed by atoms with Gasteiger partial charge in [0, 0.05) is 0 Å². The standard InChI is InChI=1S/C16H18N6O/c1-11-5-4-6-12(9-11)22-10-13(19-21-22)14-18-15(20-23-14)16(17)7-2-3-8-16/h4-6,9-10H,2-3,7-8,17H2,1H3. The zero-order valence-corrected chi connectivity index (χ0v) is 12.9. The molecule has 0 amide bonds. The lowest BCUT2D eigenvalue weighted by atomic mass is 9.99. The highest BCUT2D eigenvalue weighted by molar-refractivity contribution is 5.46. The topological polar surface area (TPSA) is 95.7 Å². The first-order chi connectivity index (χ1) is 11.1. The van der Waals surface area contributed by atoms with Crippen molar-refractivity contribution in [3.63, 3.8) is 0 Å². The number of aromatic nitrogens is 5. The molecular weight excluding hydrogens is 292 g/mol. The smallest absolute Gasteiger partial charge is 0.280 e. The van der Waals surface area contributed by atoms with Crippen molar-refractivity contribution in [2.75, 3.05) is 0 Å². The van der Waals surface area contributed by atoms with Crippen molar-refractivity contribution >= 4 is 0 Å². The van der Waals surface area contributed by atoms with E-state index < -0.39 is 5.54 Å². The van der Waals surface area contributed by atoms with Gasteiger partial charge in [-0.3, -0.25) is 0 Å². The summed E-state index contributed by atoms with van der Waals surface area (Å²) in [5.74, 6) is 0.922. The molecule has 7 nitrogen and oxygen atoms in total. The van der Waals surface area contributed by atoms with Crippen LogP contribution in [-0.2, 0) is 5.54 Å². The first-order valence-electron chi connectivity index (χ1n) is 7.77. The fourth-order valence-electron chi connectivity index (χ4n) is 3.02. The van der Waals surface area contributed by atoms with Gasteiger partial charge in [0.2, 0.25) is 0 Å². The molecule has 7 heteroatoms. The van der Waals surface area contributed by atoms with Crippen LogP contribution in [0.5, 0.6) is 0 Å². The minimum absolute atomic E-state index is 0.357. The van der Waals surface area contributed by atoms with Crippen LogP contribution in [0.4, 0.5) is 0 Å². The van der Waals surface area contributed by atoms with Crippen LogP contribution in [0.25, 0.3) is 17.3 Å². The lowest BCUT2D eigenvalue weighted by Gasteiger charge is -2.17. The molecule has 2 aromatic heterocycles. The molecule has 0 atom stereocenters. The molecule has 0 unspecified atom stereocenters. The number of benzene rings is 1. The summed E-state index contributed by atoms with van der Waals surface area (Å²) in [7, 11) is 0. The molecule has 1 aliphatic carbocycles. The fraction of sp³-hybridized carbons (Fsp3) is 0.375. The predicted octanol–water partition coefficient (Wildman–Crippen LogP) is 2.35. The van der Waals surface area contributed by atoms with Gasteiger partial charge in [-0.2, -0.15) is 4.98 Å². The molecule has 1 fully saturated rings. The molecule has 2 heterocycles. The highest BCUT2D eigenvalue weighted by Crippen LogP contribution is 2.35. The van der Waals surface area contributed by atoms with Crippen LogP contribution in [0.1, 0.15) is 37.1 Å². The number of hydrogen-bond acceptors (Lipinski definition) is 6. The first-order valence-corrected chi connectivity index (χ1v) is 7.77. The molecule has 3 aromatic rings. The highest BCUT2D eigenvalue weighted by Gasteiger charge is 2.36. The van der Waals surface area contributed by atoms with E-state index in [0.29, 0.717) is 17.4 Å². The lowest BCUT2D eigenvalue weighted by Crippen LogP contribution is -2.34. The van der Waals surface area contributed by atoms with Gasteiger partial charge in [0.15, 0.2) is 11.5 Å². The van der Waals surface area contributed by atoms with E-state index in [-0.39, 0.29) is 0 Å². The van der Waals surface area contributed by atoms with Gasteiger partial charge < -0.3 is 10.3 Å². The van der Waals surface area contributed by atoms with Gasteiger partial charge in [-0.25, -0.2) is 4.68 Å². The number of rotatable bonds is 3. The summed E-state index contributed by atoms with van der Waals surface area (Å²) in [4.78, 5) is 4.44. The first kappa shape index (κ1) is 14.1. The zero-order chi connectivity index (χ0) is 15.9. The van der Waals surface area contributed by atoms with Crippen molar-refractivity contribution in [1.82, 2.24) is 25.1 Å². The summed E-state index contributed by atoms with van der Waals surface area (Å²) < 4.78 is 7.04. The Hall–Kier alpha value is -2.54. The Morgan fingerprint density at radius 2 is 2.09 bits per heavy atom. The predicted molar refractivity (Wildman–Crippen MR) is 83.7 cm³/mol. The Morgan fingerprint density at radius 1 is 1.26 bits per heavy atom. The van der Waals surface area contributed by atoms with Crippen molar-refractivity contribution in [2.45, 2.75) is 38.1 Å². The maximum atomic E-state index is 6.36. The number of hydrogen-bond donors (Lipinski definition) is 1. The van der Waals surface area contributed by atoms with E-state index in [1.807, 2.05) is 31.2 Å². The van der Waals surface area contributed by atoms with Crippen molar-refractivity contribution in [1.29, 1.82) is 0 Å². The van der Waals surface area contributed by atoms with Crippen molar-refractivity contribution < 1.29 is 4.52 Å². The van der Waals surface area contributed by atoms with Crippen LogP contribution >= 0.6 is 0 Å². The van der Waals surface area contributed by atoms with Crippen LogP contribution in [-0.4, -0.2) is 25.1 Å². The fourth-order valence-corrected chi connectivity index (χ4v) is 3.02. The molecule has 0 saturated heterocycles. The van der Waals surface area contributed by atoms with Gasteiger partial charge in [0.25, 0.3) is 5.89 Å². The zero-order valence-electron chi connectivity index (χ0n) is 12.9. The summed E-state index contributed by atoms with van der Waals surface area (Å²) >= 11 is 0. The summed E-state index contributed by atoms with van der Waals surface area (Å²) in [6.07, 6.45) is 5.77. The Morgan fingerprint density at radius 3 is 2.87 bits per heavy atom. The van der Waals surface area contributed by atoms with E-state index in [2.05, 4.69) is 20.5 Å². The van der Waals surface area contributed by atoms with Gasteiger partial charge in [-0.05, 0) is 37.5 Å². The Bertz CT molecular complexity index is 830. The van der Waals surface area contributed by atoms with E-state index in [1.165, 1.54) is 0 Å². The van der Waals surface area contributed by atoms with Gasteiger partial charge in [0.1, 0.15) is 0 Å². The van der Waals surface area contributed by atoms with Gasteiger partial charge in [0.05, 0.1) is 17.4 Å². The number of nitrogens with two attached hydrogens (primary N) is 1. The summed E-state index contributed by atoms with van der Waals surface area (Å²) in [5.41, 5.74) is 8.54. The SMILES string of the molecule is Cc1cccc(-n2cc(-c3nc(C4(N)CCCC4)no3)nn2)c1. The maximum Gasteiger partial charge on any atom is 0.280 e. The summed E-state index contributed by atoms with van der Waals surface area (Å²) in [5, 5.41) is 12.3. The van der Waals surface area contributed by atoms with Crippen molar-refractivity contribution in [3.8, 4) is 17.3 Å². The summed E-state index contributed by atoms with van der Waals surface area (Å²) in [6.45, 7) is 2.04. The number of nitrogens with zero attached hydrogens (tertiary/aromatic N) is 5. The number of aryl methyl sites for hydroxylation is 1. The average Bonchev–Trinajstić information content (AvgIpc) is 3.27. The minimum Gasteiger partial charge on any atom is -0.332 e. The molecule has 0 spiro atoms. The third-order valence-electron chi connectivity index (χ3n) is 4.35. The Kier molecular flexibility index (Phi) is 3.23. The monoisotopic (exact) mass is 310 g/mol. The second kappa shape index (κ2) is 5.27. The molecule has 23 heavy (non-hydrogen) atoms. The van der Waals surface area contributed by atoms with E-state index in [1.54, 1.807) is 10.9 Å². The largest absolute Gasteiger partial charge is 0.332 e. The molecule has 118 valence electrons. The minimum atomic E-state index is -0.464.